The molecule has 3 fully saturated rings. The lowest BCUT2D eigenvalue weighted by atomic mass is 9.78. The first-order chi connectivity index (χ1) is 23.3. The Morgan fingerprint density at radius 1 is 1.19 bits per heavy atom. The van der Waals surface area contributed by atoms with E-state index in [9.17, 15) is 4.79 Å². The van der Waals surface area contributed by atoms with Crippen molar-refractivity contribution in [3.8, 4) is 5.75 Å². The van der Waals surface area contributed by atoms with Crippen LogP contribution in [0.3, 0.4) is 0 Å². The minimum atomic E-state index is -1.68. The standard InChI is InChI=1S/C31H45N8O5PS.C2H6/c1-5-39(37-46-4)27-25-26(34-30(32)35-27)38(19-33-25)28-21(3)17-24(42-28)18-41-45(44-23-13-11-20(2)12-14-23)36-31(15-8-16-31)29(40)43-22-9-6-7-10-22;1-2/h11-14,19,21-22,24,28,36-37H,5-10,15-18H2,1-4H3,(H2,32,34,35);1-2H3. The van der Waals surface area contributed by atoms with Crippen molar-refractivity contribution in [2.75, 3.05) is 30.1 Å². The highest BCUT2D eigenvalue weighted by Gasteiger charge is 2.49. The van der Waals surface area contributed by atoms with Gasteiger partial charge in [-0.15, -0.1) is 0 Å². The van der Waals surface area contributed by atoms with Gasteiger partial charge in [-0.05, 0) is 83.6 Å². The maximum absolute atomic E-state index is 13.4. The fourth-order valence-electron chi connectivity index (χ4n) is 6.29. The molecule has 3 aromatic rings. The van der Waals surface area contributed by atoms with Gasteiger partial charge in [0, 0.05) is 12.5 Å². The summed E-state index contributed by atoms with van der Waals surface area (Å²) in [4.78, 5) is 30.3. The lowest BCUT2D eigenvalue weighted by Crippen LogP contribution is -2.57. The average Bonchev–Trinajstić information content (AvgIpc) is 3.82. The van der Waals surface area contributed by atoms with Crippen LogP contribution in [0.1, 0.15) is 90.9 Å². The number of hydrogen-bond acceptors (Lipinski definition) is 13. The van der Waals surface area contributed by atoms with Crippen molar-refractivity contribution in [3.63, 3.8) is 0 Å². The zero-order valence-corrected chi connectivity index (χ0v) is 30.7. The normalized spacial score (nSPS) is 22.5. The van der Waals surface area contributed by atoms with Gasteiger partial charge in [0.1, 0.15) is 23.6 Å². The second kappa shape index (κ2) is 16.8. The van der Waals surface area contributed by atoms with Crippen molar-refractivity contribution < 1.29 is 23.3 Å². The molecule has 1 saturated heterocycles. The molecule has 264 valence electrons. The smallest absolute Gasteiger partial charge is 0.327 e. The molecule has 0 bridgehead atoms. The third-order valence-electron chi connectivity index (χ3n) is 8.99. The Hall–Kier alpha value is -2.74. The van der Waals surface area contributed by atoms with E-state index in [2.05, 4.69) is 31.8 Å². The Morgan fingerprint density at radius 2 is 1.92 bits per heavy atom. The van der Waals surface area contributed by atoms with Crippen LogP contribution in [0.5, 0.6) is 5.75 Å². The molecule has 3 heterocycles. The highest BCUT2D eigenvalue weighted by Crippen LogP contribution is 2.46. The van der Waals surface area contributed by atoms with E-state index < -0.39 is 14.1 Å². The number of aromatic nitrogens is 4. The number of carbonyl (C=O) groups is 1. The second-order valence-electron chi connectivity index (χ2n) is 12.4. The van der Waals surface area contributed by atoms with Crippen LogP contribution < -0.4 is 25.2 Å². The lowest BCUT2D eigenvalue weighted by molar-refractivity contribution is -0.160. The van der Waals surface area contributed by atoms with E-state index in [1.165, 1.54) is 11.9 Å². The average molecular weight is 703 g/mol. The molecular weight excluding hydrogens is 651 g/mol. The van der Waals surface area contributed by atoms with Crippen molar-refractivity contribution in [2.24, 2.45) is 5.92 Å². The molecule has 2 aromatic heterocycles. The molecule has 0 radical (unpaired) electrons. The maximum atomic E-state index is 13.4. The van der Waals surface area contributed by atoms with Gasteiger partial charge >= 0.3 is 14.5 Å². The molecule has 6 rings (SSSR count). The fraction of sp³-hybridized carbons (Fsp3) is 0.636. The molecular formula is C33H51N8O5PS. The molecule has 13 nitrogen and oxygen atoms in total. The number of hydrazine groups is 1. The van der Waals surface area contributed by atoms with Crippen LogP contribution in [-0.2, 0) is 18.8 Å². The summed E-state index contributed by atoms with van der Waals surface area (Å²) < 4.78 is 27.2. The summed E-state index contributed by atoms with van der Waals surface area (Å²) in [5.74, 6) is 1.41. The molecule has 1 aliphatic heterocycles. The van der Waals surface area contributed by atoms with Crippen molar-refractivity contribution >= 4 is 49.4 Å². The summed E-state index contributed by atoms with van der Waals surface area (Å²) >= 11 is 1.46. The number of fused-ring (bicyclic) bond motifs is 1. The second-order valence-corrected chi connectivity index (χ2v) is 14.2. The SMILES string of the molecule is CC.CCN(NSC)c1nc(N)nc2c1ncn2C1OC(COP(NC2(C(=O)OC3CCCC3)CCC2)Oc2ccc(C)cc2)CC1C. The zero-order chi connectivity index (χ0) is 34.3. The number of nitrogens with zero attached hydrogens (tertiary/aromatic N) is 5. The molecule has 15 heteroatoms. The zero-order valence-electron chi connectivity index (χ0n) is 29.0. The monoisotopic (exact) mass is 702 g/mol. The Bertz CT molecular complexity index is 1490. The summed E-state index contributed by atoms with van der Waals surface area (Å²) in [6.07, 6.45) is 10.3. The van der Waals surface area contributed by atoms with Crippen LogP contribution in [0.15, 0.2) is 30.6 Å². The number of anilines is 2. The molecule has 4 unspecified atom stereocenters. The van der Waals surface area contributed by atoms with E-state index in [0.29, 0.717) is 42.1 Å². The van der Waals surface area contributed by atoms with Gasteiger partial charge in [0.15, 0.2) is 17.0 Å². The first-order valence-corrected chi connectivity index (χ1v) is 19.6. The Labute approximate surface area is 289 Å². The van der Waals surface area contributed by atoms with Gasteiger partial charge in [-0.2, -0.15) is 14.8 Å². The van der Waals surface area contributed by atoms with Gasteiger partial charge in [-0.25, -0.2) is 10.1 Å². The number of nitrogens with two attached hydrogens (primary N) is 1. The van der Waals surface area contributed by atoms with Gasteiger partial charge in [0.2, 0.25) is 5.95 Å². The van der Waals surface area contributed by atoms with E-state index in [1.807, 2.05) is 67.8 Å². The number of hydrogen-bond donors (Lipinski definition) is 3. The highest BCUT2D eigenvalue weighted by atomic mass is 32.2. The molecule has 0 spiro atoms. The summed E-state index contributed by atoms with van der Waals surface area (Å²) in [6.45, 7) is 11.1. The summed E-state index contributed by atoms with van der Waals surface area (Å²) in [5, 5.41) is 5.36. The summed E-state index contributed by atoms with van der Waals surface area (Å²) in [6, 6.07) is 7.84. The van der Waals surface area contributed by atoms with Crippen molar-refractivity contribution in [2.45, 2.75) is 110 Å². The van der Waals surface area contributed by atoms with Crippen LogP contribution in [0.4, 0.5) is 11.8 Å². The molecule has 4 atom stereocenters. The number of aryl methyl sites for hydroxylation is 1. The minimum absolute atomic E-state index is 0.00467. The Kier molecular flexibility index (Phi) is 12.8. The van der Waals surface area contributed by atoms with Crippen molar-refractivity contribution in [1.29, 1.82) is 0 Å². The third kappa shape index (κ3) is 8.34. The number of ether oxygens (including phenoxy) is 2. The lowest BCUT2D eigenvalue weighted by Gasteiger charge is -2.41. The van der Waals surface area contributed by atoms with E-state index >= 15 is 0 Å². The van der Waals surface area contributed by atoms with Gasteiger partial charge in [0.05, 0.1) is 19.0 Å². The molecule has 48 heavy (non-hydrogen) atoms. The van der Waals surface area contributed by atoms with Crippen molar-refractivity contribution in [1.82, 2.24) is 29.4 Å². The van der Waals surface area contributed by atoms with Gasteiger partial charge in [-0.1, -0.05) is 50.4 Å². The first-order valence-electron chi connectivity index (χ1n) is 17.2. The van der Waals surface area contributed by atoms with Crippen LogP contribution >= 0.6 is 20.5 Å². The quantitative estimate of drug-likeness (QED) is 0.0717. The van der Waals surface area contributed by atoms with Crippen LogP contribution in [0.25, 0.3) is 11.2 Å². The topological polar surface area (TPSA) is 151 Å². The van der Waals surface area contributed by atoms with Crippen LogP contribution in [0, 0.1) is 12.8 Å². The number of esters is 1. The summed E-state index contributed by atoms with van der Waals surface area (Å²) in [5.41, 5.74) is 7.74. The van der Waals surface area contributed by atoms with E-state index in [1.54, 1.807) is 6.33 Å². The molecule has 2 saturated carbocycles. The van der Waals surface area contributed by atoms with Crippen molar-refractivity contribution in [3.05, 3.63) is 36.2 Å². The van der Waals surface area contributed by atoms with Gasteiger partial charge in [0.25, 0.3) is 0 Å². The predicted octanol–water partition coefficient (Wildman–Crippen LogP) is 6.60. The highest BCUT2D eigenvalue weighted by molar-refractivity contribution is 7.96. The van der Waals surface area contributed by atoms with Gasteiger partial charge < -0.3 is 24.3 Å². The summed E-state index contributed by atoms with van der Waals surface area (Å²) in [7, 11) is -1.68. The van der Waals surface area contributed by atoms with E-state index in [0.717, 1.165) is 44.1 Å². The first kappa shape index (κ1) is 36.5. The number of imidazole rings is 1. The van der Waals surface area contributed by atoms with E-state index in [-0.39, 0.29) is 42.9 Å². The molecule has 3 aliphatic rings. The van der Waals surface area contributed by atoms with Crippen LogP contribution in [0.2, 0.25) is 0 Å². The largest absolute Gasteiger partial charge is 0.461 e. The van der Waals surface area contributed by atoms with E-state index in [4.69, 9.17) is 24.3 Å². The van der Waals surface area contributed by atoms with Crippen LogP contribution in [-0.4, -0.2) is 62.6 Å². The third-order valence-corrected chi connectivity index (χ3v) is 10.8. The number of nitrogen functional groups attached to an aromatic ring is 1. The maximum Gasteiger partial charge on any atom is 0.327 e. The number of nitrogens with one attached hydrogen (secondary N) is 2. The Balaban J connectivity index is 0.00000221. The molecule has 4 N–H and O–H groups in total. The fourth-order valence-corrected chi connectivity index (χ4v) is 8.17. The Morgan fingerprint density at radius 3 is 2.56 bits per heavy atom. The predicted molar refractivity (Wildman–Crippen MR) is 191 cm³/mol. The van der Waals surface area contributed by atoms with Gasteiger partial charge in [-0.3, -0.25) is 14.4 Å². The minimum Gasteiger partial charge on any atom is -0.461 e. The number of benzene rings is 1. The molecule has 0 amide bonds. The molecule has 1 aromatic carbocycles. The number of carbonyl (C=O) groups excluding carboxylic acids is 1. The molecule has 2 aliphatic carbocycles. The number of rotatable bonds is 14.